The molecule has 0 spiro atoms. The van der Waals surface area contributed by atoms with Crippen LogP contribution in [-0.2, 0) is 11.2 Å². The van der Waals surface area contributed by atoms with Crippen molar-refractivity contribution in [1.29, 1.82) is 0 Å². The number of hydrogen-bond acceptors (Lipinski definition) is 6. The van der Waals surface area contributed by atoms with E-state index in [4.69, 9.17) is 20.9 Å². The third kappa shape index (κ3) is 4.54. The second-order valence-electron chi connectivity index (χ2n) is 5.15. The summed E-state index contributed by atoms with van der Waals surface area (Å²) in [6.07, 6.45) is 2.01. The van der Waals surface area contributed by atoms with Gasteiger partial charge in [-0.3, -0.25) is 4.79 Å². The third-order valence-corrected chi connectivity index (χ3v) is 3.60. The van der Waals surface area contributed by atoms with E-state index in [-0.39, 0.29) is 12.3 Å². The van der Waals surface area contributed by atoms with Gasteiger partial charge in [0.05, 0.1) is 12.1 Å². The highest BCUT2D eigenvalue weighted by Crippen LogP contribution is 2.20. The maximum Gasteiger partial charge on any atom is 0.227 e. The second-order valence-corrected chi connectivity index (χ2v) is 5.59. The number of amides is 1. The number of aromatic nitrogens is 3. The number of nitrogens with zero attached hydrogens (tertiary/aromatic N) is 3. The quantitative estimate of drug-likeness (QED) is 0.726. The average molecular weight is 359 g/mol. The summed E-state index contributed by atoms with van der Waals surface area (Å²) in [6.45, 7) is 0. The second kappa shape index (κ2) is 7.76. The van der Waals surface area contributed by atoms with Crippen LogP contribution in [-0.4, -0.2) is 28.1 Å². The summed E-state index contributed by atoms with van der Waals surface area (Å²) in [7, 11) is 1.60. The first-order valence-electron chi connectivity index (χ1n) is 7.52. The van der Waals surface area contributed by atoms with Gasteiger partial charge >= 0.3 is 0 Å². The van der Waals surface area contributed by atoms with Gasteiger partial charge in [-0.25, -0.2) is 4.98 Å². The molecule has 0 atom stereocenters. The van der Waals surface area contributed by atoms with Crippen LogP contribution in [0.2, 0.25) is 5.02 Å². The number of benzene rings is 1. The van der Waals surface area contributed by atoms with Crippen LogP contribution in [0.5, 0.6) is 5.75 Å². The molecular weight excluding hydrogens is 344 g/mol. The third-order valence-electron chi connectivity index (χ3n) is 3.38. The van der Waals surface area contributed by atoms with E-state index in [1.54, 1.807) is 19.2 Å². The van der Waals surface area contributed by atoms with Gasteiger partial charge in [0.1, 0.15) is 11.6 Å². The molecule has 3 aromatic rings. The first-order chi connectivity index (χ1) is 12.1. The molecule has 3 rings (SSSR count). The monoisotopic (exact) mass is 358 g/mol. The van der Waals surface area contributed by atoms with E-state index < -0.39 is 0 Å². The lowest BCUT2D eigenvalue weighted by Crippen LogP contribution is -2.13. The Labute approximate surface area is 149 Å². The van der Waals surface area contributed by atoms with Crippen LogP contribution in [0.1, 0.15) is 12.3 Å². The predicted octanol–water partition coefficient (Wildman–Crippen LogP) is 3.36. The number of anilines is 1. The Morgan fingerprint density at radius 3 is 2.72 bits per heavy atom. The average Bonchev–Trinajstić information content (AvgIpc) is 3.11. The van der Waals surface area contributed by atoms with Crippen LogP contribution in [0.4, 0.5) is 5.82 Å². The Bertz CT molecular complexity index is 847. The molecule has 1 aromatic carbocycles. The van der Waals surface area contributed by atoms with Crippen molar-refractivity contribution in [1.82, 2.24) is 15.1 Å². The van der Waals surface area contributed by atoms with E-state index >= 15 is 0 Å². The van der Waals surface area contributed by atoms with Gasteiger partial charge in [0.25, 0.3) is 0 Å². The molecule has 0 aliphatic rings. The zero-order chi connectivity index (χ0) is 17.6. The van der Waals surface area contributed by atoms with Gasteiger partial charge in [-0.15, -0.1) is 0 Å². The van der Waals surface area contributed by atoms with Gasteiger partial charge in [0, 0.05) is 24.6 Å². The SMILES string of the molecule is COc1ccc(-c2noc(CCC(=O)Nc3ccc(Cl)cn3)n2)cc1. The molecule has 0 unspecified atom stereocenters. The van der Waals surface area contributed by atoms with Crippen molar-refractivity contribution in [2.75, 3.05) is 12.4 Å². The summed E-state index contributed by atoms with van der Waals surface area (Å²) in [5, 5.41) is 7.12. The van der Waals surface area contributed by atoms with Crippen molar-refractivity contribution in [3.05, 3.63) is 53.5 Å². The molecule has 1 amide bonds. The summed E-state index contributed by atoms with van der Waals surface area (Å²) in [5.74, 6) is 1.86. The molecule has 128 valence electrons. The lowest BCUT2D eigenvalue weighted by atomic mass is 10.2. The fourth-order valence-corrected chi connectivity index (χ4v) is 2.20. The number of methoxy groups -OCH3 is 1. The minimum absolute atomic E-state index is 0.195. The Kier molecular flexibility index (Phi) is 5.25. The zero-order valence-electron chi connectivity index (χ0n) is 13.4. The molecular formula is C17H15ClN4O3. The molecule has 2 aromatic heterocycles. The topological polar surface area (TPSA) is 90.1 Å². The smallest absolute Gasteiger partial charge is 0.227 e. The van der Waals surface area contributed by atoms with Gasteiger partial charge in [-0.1, -0.05) is 16.8 Å². The van der Waals surface area contributed by atoms with Gasteiger partial charge in [-0.2, -0.15) is 4.98 Å². The van der Waals surface area contributed by atoms with E-state index in [1.807, 2.05) is 24.3 Å². The minimum Gasteiger partial charge on any atom is -0.497 e. The fraction of sp³-hybridized carbons (Fsp3) is 0.176. The summed E-state index contributed by atoms with van der Waals surface area (Å²) >= 11 is 5.75. The molecule has 0 saturated heterocycles. The highest BCUT2D eigenvalue weighted by atomic mass is 35.5. The van der Waals surface area contributed by atoms with Gasteiger partial charge in [0.2, 0.25) is 17.6 Å². The Morgan fingerprint density at radius 2 is 2.04 bits per heavy atom. The van der Waals surface area contributed by atoms with Crippen LogP contribution in [0.3, 0.4) is 0 Å². The Hall–Kier alpha value is -2.93. The Morgan fingerprint density at radius 1 is 1.24 bits per heavy atom. The molecule has 0 saturated carbocycles. The number of ether oxygens (including phenoxy) is 1. The fourth-order valence-electron chi connectivity index (χ4n) is 2.09. The van der Waals surface area contributed by atoms with Gasteiger partial charge in [-0.05, 0) is 36.4 Å². The molecule has 8 heteroatoms. The lowest BCUT2D eigenvalue weighted by molar-refractivity contribution is -0.116. The highest BCUT2D eigenvalue weighted by molar-refractivity contribution is 6.30. The van der Waals surface area contributed by atoms with Crippen LogP contribution in [0.25, 0.3) is 11.4 Å². The highest BCUT2D eigenvalue weighted by Gasteiger charge is 2.11. The largest absolute Gasteiger partial charge is 0.497 e. The number of hydrogen-bond donors (Lipinski definition) is 1. The molecule has 0 aliphatic heterocycles. The van der Waals surface area contributed by atoms with Gasteiger partial charge < -0.3 is 14.6 Å². The summed E-state index contributed by atoms with van der Waals surface area (Å²) in [6, 6.07) is 10.6. The number of pyridine rings is 1. The molecule has 1 N–H and O–H groups in total. The number of carbonyl (C=O) groups is 1. The van der Waals surface area contributed by atoms with Gasteiger partial charge in [0.15, 0.2) is 0 Å². The first kappa shape index (κ1) is 16.9. The predicted molar refractivity (Wildman–Crippen MR) is 92.5 cm³/mol. The number of aryl methyl sites for hydroxylation is 1. The van der Waals surface area contributed by atoms with Crippen LogP contribution in [0, 0.1) is 0 Å². The first-order valence-corrected chi connectivity index (χ1v) is 7.90. The van der Waals surface area contributed by atoms with Crippen molar-refractivity contribution < 1.29 is 14.1 Å². The van der Waals surface area contributed by atoms with Crippen LogP contribution >= 0.6 is 11.6 Å². The van der Waals surface area contributed by atoms with Crippen molar-refractivity contribution in [2.24, 2.45) is 0 Å². The number of halogens is 1. The van der Waals surface area contributed by atoms with Crippen molar-refractivity contribution in [2.45, 2.75) is 12.8 Å². The van der Waals surface area contributed by atoms with Crippen LogP contribution in [0.15, 0.2) is 47.1 Å². The molecule has 25 heavy (non-hydrogen) atoms. The number of rotatable bonds is 6. The van der Waals surface area contributed by atoms with E-state index in [9.17, 15) is 4.79 Å². The maximum atomic E-state index is 11.9. The van der Waals surface area contributed by atoms with Crippen molar-refractivity contribution >= 4 is 23.3 Å². The summed E-state index contributed by atoms with van der Waals surface area (Å²) < 4.78 is 10.3. The molecule has 2 heterocycles. The Balaban J connectivity index is 1.55. The molecule has 0 fully saturated rings. The minimum atomic E-state index is -0.195. The van der Waals surface area contributed by atoms with Crippen molar-refractivity contribution in [3.63, 3.8) is 0 Å². The van der Waals surface area contributed by atoms with E-state index in [0.29, 0.717) is 29.0 Å². The van der Waals surface area contributed by atoms with E-state index in [2.05, 4.69) is 20.4 Å². The summed E-state index contributed by atoms with van der Waals surface area (Å²) in [4.78, 5) is 20.2. The number of nitrogens with one attached hydrogen (secondary N) is 1. The summed E-state index contributed by atoms with van der Waals surface area (Å²) in [5.41, 5.74) is 0.811. The molecule has 0 bridgehead atoms. The maximum absolute atomic E-state index is 11.9. The van der Waals surface area contributed by atoms with E-state index in [1.165, 1.54) is 6.20 Å². The molecule has 0 aliphatic carbocycles. The van der Waals surface area contributed by atoms with Crippen molar-refractivity contribution in [3.8, 4) is 17.1 Å². The van der Waals surface area contributed by atoms with Crippen LogP contribution < -0.4 is 10.1 Å². The van der Waals surface area contributed by atoms with E-state index in [0.717, 1.165) is 11.3 Å². The molecule has 0 radical (unpaired) electrons. The zero-order valence-corrected chi connectivity index (χ0v) is 14.2. The lowest BCUT2D eigenvalue weighted by Gasteiger charge is -2.02. The molecule has 7 nitrogen and oxygen atoms in total. The normalized spacial score (nSPS) is 10.5. The number of carbonyl (C=O) groups excluding carboxylic acids is 1. The standard InChI is InChI=1S/C17H15ClN4O3/c1-24-13-5-2-11(3-6-13)17-21-16(25-22-17)9-8-15(23)20-14-7-4-12(18)10-19-14/h2-7,10H,8-9H2,1H3,(H,19,20,23).